The summed E-state index contributed by atoms with van der Waals surface area (Å²) in [4.78, 5) is 22.7. The highest BCUT2D eigenvalue weighted by Gasteiger charge is 2.16. The summed E-state index contributed by atoms with van der Waals surface area (Å²) in [7, 11) is 1.90. The molecule has 6 nitrogen and oxygen atoms in total. The quantitative estimate of drug-likeness (QED) is 0.285. The van der Waals surface area contributed by atoms with Crippen LogP contribution in [-0.2, 0) is 7.05 Å². The van der Waals surface area contributed by atoms with Crippen LogP contribution in [0.2, 0.25) is 0 Å². The van der Waals surface area contributed by atoms with Gasteiger partial charge in [-0.25, -0.2) is 0 Å². The fourth-order valence-electron chi connectivity index (χ4n) is 2.25. The van der Waals surface area contributed by atoms with Crippen molar-refractivity contribution in [2.45, 2.75) is 13.8 Å². The van der Waals surface area contributed by atoms with Crippen molar-refractivity contribution in [1.82, 2.24) is 4.57 Å². The molecule has 0 aliphatic heterocycles. The van der Waals surface area contributed by atoms with E-state index in [0.29, 0.717) is 0 Å². The number of ketones is 1. The molecule has 2 rings (SSSR count). The SMILES string of the molecule is Cc1cc(/C=C(\C#N)C(=O)c2cccc([N+](=O)[O-])c2)c(C)n1C. The lowest BCUT2D eigenvalue weighted by Gasteiger charge is -2.01. The van der Waals surface area contributed by atoms with Gasteiger partial charge in [0.05, 0.1) is 4.92 Å². The van der Waals surface area contributed by atoms with Crippen LogP contribution >= 0.6 is 0 Å². The molecule has 23 heavy (non-hydrogen) atoms. The van der Waals surface area contributed by atoms with E-state index < -0.39 is 10.7 Å². The molecule has 1 heterocycles. The van der Waals surface area contributed by atoms with Gasteiger partial charge in [0.25, 0.3) is 5.69 Å². The van der Waals surface area contributed by atoms with Gasteiger partial charge in [0.15, 0.2) is 0 Å². The summed E-state index contributed by atoms with van der Waals surface area (Å²) in [6.07, 6.45) is 1.52. The van der Waals surface area contributed by atoms with Crippen LogP contribution in [0.3, 0.4) is 0 Å². The predicted octanol–water partition coefficient (Wildman–Crippen LogP) is 3.34. The van der Waals surface area contributed by atoms with Crippen LogP contribution in [0.1, 0.15) is 27.3 Å². The van der Waals surface area contributed by atoms with Gasteiger partial charge in [-0.2, -0.15) is 5.26 Å². The normalized spacial score (nSPS) is 11.1. The Morgan fingerprint density at radius 2 is 2.04 bits per heavy atom. The number of nitro benzene ring substituents is 1. The molecule has 0 unspecified atom stereocenters. The Bertz CT molecular complexity index is 870. The maximum Gasteiger partial charge on any atom is 0.270 e. The van der Waals surface area contributed by atoms with E-state index >= 15 is 0 Å². The van der Waals surface area contributed by atoms with Crippen LogP contribution in [-0.4, -0.2) is 15.3 Å². The van der Waals surface area contributed by atoms with Gasteiger partial charge in [0, 0.05) is 36.1 Å². The lowest BCUT2D eigenvalue weighted by molar-refractivity contribution is -0.384. The molecule has 2 aromatic rings. The van der Waals surface area contributed by atoms with Crippen LogP contribution in [0.4, 0.5) is 5.69 Å². The number of hydrogen-bond donors (Lipinski definition) is 0. The first-order chi connectivity index (χ1) is 10.8. The number of benzene rings is 1. The van der Waals surface area contributed by atoms with Crippen LogP contribution in [0.15, 0.2) is 35.9 Å². The number of Topliss-reactive ketones (excluding diaryl/α,β-unsaturated/α-hetero) is 1. The van der Waals surface area contributed by atoms with E-state index in [1.807, 2.05) is 37.6 Å². The molecule has 1 aromatic carbocycles. The highest BCUT2D eigenvalue weighted by molar-refractivity contribution is 6.14. The Kier molecular flexibility index (Phi) is 4.42. The molecule has 0 saturated carbocycles. The average Bonchev–Trinajstić information content (AvgIpc) is 2.79. The van der Waals surface area contributed by atoms with Gasteiger partial charge < -0.3 is 4.57 Å². The topological polar surface area (TPSA) is 88.9 Å². The fourth-order valence-corrected chi connectivity index (χ4v) is 2.25. The molecule has 0 saturated heterocycles. The molecule has 116 valence electrons. The minimum atomic E-state index is -0.572. The third-order valence-corrected chi connectivity index (χ3v) is 3.80. The number of nitriles is 1. The zero-order chi connectivity index (χ0) is 17.1. The average molecular weight is 309 g/mol. The summed E-state index contributed by atoms with van der Waals surface area (Å²) in [5.41, 5.74) is 2.60. The molecule has 0 N–H and O–H groups in total. The molecular formula is C17H15N3O3. The molecule has 0 atom stereocenters. The number of rotatable bonds is 4. The third kappa shape index (κ3) is 3.19. The van der Waals surface area contributed by atoms with Gasteiger partial charge in [-0.15, -0.1) is 0 Å². The van der Waals surface area contributed by atoms with Crippen molar-refractivity contribution in [3.63, 3.8) is 0 Å². The number of carbonyl (C=O) groups excluding carboxylic acids is 1. The highest BCUT2D eigenvalue weighted by Crippen LogP contribution is 2.20. The number of aromatic nitrogens is 1. The van der Waals surface area contributed by atoms with Crippen LogP contribution in [0.5, 0.6) is 0 Å². The smallest absolute Gasteiger partial charge is 0.270 e. The van der Waals surface area contributed by atoms with Gasteiger partial charge in [-0.05, 0) is 31.6 Å². The van der Waals surface area contributed by atoms with Gasteiger partial charge in [0.2, 0.25) is 5.78 Å². The van der Waals surface area contributed by atoms with Gasteiger partial charge in [-0.3, -0.25) is 14.9 Å². The second kappa shape index (κ2) is 6.28. The first-order valence-corrected chi connectivity index (χ1v) is 6.89. The van der Waals surface area contributed by atoms with E-state index in [0.717, 1.165) is 17.0 Å². The van der Waals surface area contributed by atoms with Crippen molar-refractivity contribution in [2.24, 2.45) is 7.05 Å². The number of hydrogen-bond acceptors (Lipinski definition) is 4. The molecule has 1 aromatic heterocycles. The molecule has 0 aliphatic rings. The minimum Gasteiger partial charge on any atom is -0.352 e. The Morgan fingerprint density at radius 3 is 2.57 bits per heavy atom. The lowest BCUT2D eigenvalue weighted by Crippen LogP contribution is -2.03. The summed E-state index contributed by atoms with van der Waals surface area (Å²) in [5.74, 6) is -0.530. The van der Waals surface area contributed by atoms with Gasteiger partial charge in [-0.1, -0.05) is 12.1 Å². The Balaban J connectivity index is 2.45. The van der Waals surface area contributed by atoms with Crippen molar-refractivity contribution in [1.29, 1.82) is 5.26 Å². The first kappa shape index (κ1) is 16.2. The highest BCUT2D eigenvalue weighted by atomic mass is 16.6. The maximum absolute atomic E-state index is 12.4. The van der Waals surface area contributed by atoms with Crippen LogP contribution in [0, 0.1) is 35.3 Å². The number of carbonyl (C=O) groups is 1. The van der Waals surface area contributed by atoms with E-state index in [-0.39, 0.29) is 16.8 Å². The van der Waals surface area contributed by atoms with E-state index in [1.165, 1.54) is 30.3 Å². The van der Waals surface area contributed by atoms with E-state index in [1.54, 1.807) is 0 Å². The minimum absolute atomic E-state index is 0.0563. The largest absolute Gasteiger partial charge is 0.352 e. The molecule has 0 aliphatic carbocycles. The van der Waals surface area contributed by atoms with Crippen molar-refractivity contribution < 1.29 is 9.72 Å². The number of allylic oxidation sites excluding steroid dienone is 1. The summed E-state index contributed by atoms with van der Waals surface area (Å²) >= 11 is 0. The number of nitrogens with zero attached hydrogens (tertiary/aromatic N) is 3. The zero-order valence-corrected chi connectivity index (χ0v) is 13.0. The summed E-state index contributed by atoms with van der Waals surface area (Å²) in [6.45, 7) is 3.82. The summed E-state index contributed by atoms with van der Waals surface area (Å²) in [5, 5.41) is 20.1. The lowest BCUT2D eigenvalue weighted by atomic mass is 10.0. The number of non-ortho nitro benzene ring substituents is 1. The van der Waals surface area contributed by atoms with E-state index in [2.05, 4.69) is 0 Å². The fraction of sp³-hybridized carbons (Fsp3) is 0.176. The standard InChI is InChI=1S/C17H15N3O3/c1-11-7-14(12(2)19(11)3)8-15(10-18)17(21)13-5-4-6-16(9-13)20(22)23/h4-9H,1-3H3/b15-8+. The Morgan fingerprint density at radius 1 is 1.35 bits per heavy atom. The zero-order valence-electron chi connectivity index (χ0n) is 13.0. The van der Waals surface area contributed by atoms with Crippen molar-refractivity contribution in [3.8, 4) is 6.07 Å². The van der Waals surface area contributed by atoms with Crippen molar-refractivity contribution >= 4 is 17.5 Å². The van der Waals surface area contributed by atoms with Gasteiger partial charge in [0.1, 0.15) is 11.6 Å². The van der Waals surface area contributed by atoms with E-state index in [9.17, 15) is 20.2 Å². The Labute approximate surface area is 133 Å². The molecule has 0 fully saturated rings. The predicted molar refractivity (Wildman–Crippen MR) is 85.9 cm³/mol. The van der Waals surface area contributed by atoms with Crippen LogP contribution < -0.4 is 0 Å². The van der Waals surface area contributed by atoms with E-state index in [4.69, 9.17) is 0 Å². The maximum atomic E-state index is 12.4. The number of aryl methyl sites for hydroxylation is 1. The second-order valence-electron chi connectivity index (χ2n) is 5.19. The first-order valence-electron chi connectivity index (χ1n) is 6.89. The molecule has 0 amide bonds. The monoisotopic (exact) mass is 309 g/mol. The molecule has 0 radical (unpaired) electrons. The third-order valence-electron chi connectivity index (χ3n) is 3.80. The second-order valence-corrected chi connectivity index (χ2v) is 5.19. The van der Waals surface area contributed by atoms with Crippen molar-refractivity contribution in [2.75, 3.05) is 0 Å². The Hall–Kier alpha value is -3.20. The molecule has 6 heteroatoms. The molecular weight excluding hydrogens is 294 g/mol. The summed E-state index contributed by atoms with van der Waals surface area (Å²) in [6, 6.07) is 9.14. The van der Waals surface area contributed by atoms with Crippen molar-refractivity contribution in [3.05, 3.63) is 68.5 Å². The summed E-state index contributed by atoms with van der Waals surface area (Å²) < 4.78 is 1.96. The number of nitro groups is 1. The van der Waals surface area contributed by atoms with Crippen LogP contribution in [0.25, 0.3) is 6.08 Å². The van der Waals surface area contributed by atoms with Gasteiger partial charge >= 0.3 is 0 Å². The molecule has 0 bridgehead atoms. The molecule has 0 spiro atoms.